The normalized spacial score (nSPS) is 11.7. The van der Waals surface area contributed by atoms with Crippen molar-refractivity contribution < 1.29 is 29.3 Å². The molecule has 2 aromatic carbocycles. The molecule has 9 heteroatoms. The smallest absolute Gasteiger partial charge is 0.354 e. The summed E-state index contributed by atoms with van der Waals surface area (Å²) in [6, 6.07) is 16.4. The summed E-state index contributed by atoms with van der Waals surface area (Å²) in [5.74, 6) is -1.02. The van der Waals surface area contributed by atoms with Crippen LogP contribution in [0.25, 0.3) is 11.3 Å². The van der Waals surface area contributed by atoms with Gasteiger partial charge < -0.3 is 19.7 Å². The number of aromatic carboxylic acids is 1. The van der Waals surface area contributed by atoms with Crippen molar-refractivity contribution in [3.05, 3.63) is 87.7 Å². The van der Waals surface area contributed by atoms with E-state index in [0.717, 1.165) is 16.7 Å². The van der Waals surface area contributed by atoms with Crippen molar-refractivity contribution in [3.63, 3.8) is 0 Å². The molecule has 2 aromatic heterocycles. The van der Waals surface area contributed by atoms with E-state index in [-0.39, 0.29) is 18.5 Å². The first-order chi connectivity index (χ1) is 17.3. The van der Waals surface area contributed by atoms with Crippen molar-refractivity contribution >= 4 is 23.3 Å². The van der Waals surface area contributed by atoms with Crippen LogP contribution in [0.5, 0.6) is 11.5 Å². The highest BCUT2D eigenvalue weighted by Crippen LogP contribution is 2.38. The molecule has 0 saturated heterocycles. The zero-order valence-electron chi connectivity index (χ0n) is 19.9. The van der Waals surface area contributed by atoms with Crippen LogP contribution < -0.4 is 9.47 Å². The maximum absolute atomic E-state index is 11.6. The van der Waals surface area contributed by atoms with Gasteiger partial charge in [0, 0.05) is 25.1 Å². The third kappa shape index (κ3) is 5.92. The van der Waals surface area contributed by atoms with Gasteiger partial charge in [0.1, 0.15) is 29.9 Å². The molecule has 36 heavy (non-hydrogen) atoms. The van der Waals surface area contributed by atoms with E-state index in [1.807, 2.05) is 48.0 Å². The molecule has 0 bridgehead atoms. The van der Waals surface area contributed by atoms with Crippen LogP contribution in [0.15, 0.2) is 65.4 Å². The van der Waals surface area contributed by atoms with E-state index < -0.39 is 18.0 Å². The lowest BCUT2D eigenvalue weighted by atomic mass is 9.99. The standard InChI is InChI=1S/C27H26N2O6S/c1-17-5-3-4-6-20(17)24(9-10-26(30)31)35-25-13-19(34-15-18-11-12-36-16-18)7-8-21(25)22-14-23(27(32)33)29(2)28-22/h3-8,11-14,16,24H,9-10,15H2,1-2H3,(H,30,31)(H,32,33)/t24-/m0/s1. The fourth-order valence-corrected chi connectivity index (χ4v) is 4.53. The quantitative estimate of drug-likeness (QED) is 0.268. The van der Waals surface area contributed by atoms with Crippen molar-refractivity contribution in [2.24, 2.45) is 7.05 Å². The van der Waals surface area contributed by atoms with Gasteiger partial charge in [-0.2, -0.15) is 16.4 Å². The Morgan fingerprint density at radius 3 is 2.58 bits per heavy atom. The maximum Gasteiger partial charge on any atom is 0.354 e. The molecule has 0 spiro atoms. The Hall–Kier alpha value is -4.11. The van der Waals surface area contributed by atoms with E-state index >= 15 is 0 Å². The van der Waals surface area contributed by atoms with E-state index in [0.29, 0.717) is 29.4 Å². The largest absolute Gasteiger partial charge is 0.489 e. The average molecular weight is 507 g/mol. The Morgan fingerprint density at radius 1 is 1.11 bits per heavy atom. The molecule has 0 aliphatic rings. The first-order valence-corrected chi connectivity index (χ1v) is 12.3. The number of carbonyl (C=O) groups is 2. The molecule has 4 aromatic rings. The summed E-state index contributed by atoms with van der Waals surface area (Å²) in [6.07, 6.45) is -0.367. The van der Waals surface area contributed by atoms with E-state index in [1.165, 1.54) is 10.7 Å². The lowest BCUT2D eigenvalue weighted by Crippen LogP contribution is -2.12. The molecule has 0 amide bonds. The number of aromatic nitrogens is 2. The van der Waals surface area contributed by atoms with Crippen molar-refractivity contribution in [1.29, 1.82) is 0 Å². The Labute approximate surface area is 212 Å². The molecule has 4 rings (SSSR count). The van der Waals surface area contributed by atoms with Crippen LogP contribution in [-0.2, 0) is 18.4 Å². The predicted molar refractivity (Wildman–Crippen MR) is 136 cm³/mol. The number of rotatable bonds is 11. The van der Waals surface area contributed by atoms with Gasteiger partial charge in [-0.15, -0.1) is 0 Å². The Bertz CT molecular complexity index is 1360. The summed E-state index contributed by atoms with van der Waals surface area (Å²) in [6.45, 7) is 2.33. The number of carboxylic acid groups (broad SMARTS) is 2. The number of aliphatic carboxylic acids is 1. The second kappa shape index (κ2) is 11.1. The first-order valence-electron chi connectivity index (χ1n) is 11.3. The molecule has 0 unspecified atom stereocenters. The van der Waals surface area contributed by atoms with E-state index in [4.69, 9.17) is 9.47 Å². The van der Waals surface area contributed by atoms with Gasteiger partial charge >= 0.3 is 11.9 Å². The highest BCUT2D eigenvalue weighted by Gasteiger charge is 2.22. The zero-order valence-corrected chi connectivity index (χ0v) is 20.7. The SMILES string of the molecule is Cc1ccccc1[C@H](CCC(=O)O)Oc1cc(OCc2ccsc2)ccc1-c1cc(C(=O)O)n(C)n1. The van der Waals surface area contributed by atoms with Crippen molar-refractivity contribution in [3.8, 4) is 22.8 Å². The highest BCUT2D eigenvalue weighted by molar-refractivity contribution is 7.07. The fraction of sp³-hybridized carbons (Fsp3) is 0.222. The lowest BCUT2D eigenvalue weighted by molar-refractivity contribution is -0.137. The number of carboxylic acids is 2. The highest BCUT2D eigenvalue weighted by atomic mass is 32.1. The predicted octanol–water partition coefficient (Wildman–Crippen LogP) is 5.72. The van der Waals surface area contributed by atoms with Crippen LogP contribution >= 0.6 is 11.3 Å². The monoisotopic (exact) mass is 506 g/mol. The van der Waals surface area contributed by atoms with Crippen molar-refractivity contribution in [2.75, 3.05) is 0 Å². The summed E-state index contributed by atoms with van der Waals surface area (Å²) in [4.78, 5) is 23.0. The van der Waals surface area contributed by atoms with Gasteiger partial charge in [-0.3, -0.25) is 9.48 Å². The van der Waals surface area contributed by atoms with Crippen LogP contribution in [-0.4, -0.2) is 31.9 Å². The van der Waals surface area contributed by atoms with Crippen LogP contribution in [0, 0.1) is 6.92 Å². The molecule has 0 saturated carbocycles. The summed E-state index contributed by atoms with van der Waals surface area (Å²) >= 11 is 1.59. The number of hydrogen-bond acceptors (Lipinski definition) is 6. The first kappa shape index (κ1) is 25.0. The number of aryl methyl sites for hydroxylation is 2. The molecule has 186 valence electrons. The van der Waals surface area contributed by atoms with Crippen LogP contribution in [0.3, 0.4) is 0 Å². The Morgan fingerprint density at radius 2 is 1.92 bits per heavy atom. The molecule has 2 heterocycles. The molecule has 0 radical (unpaired) electrons. The molecule has 1 atom stereocenters. The third-order valence-electron chi connectivity index (χ3n) is 5.74. The van der Waals surface area contributed by atoms with Gasteiger partial charge in [0.2, 0.25) is 0 Å². The van der Waals surface area contributed by atoms with Gasteiger partial charge in [0.05, 0.1) is 5.69 Å². The van der Waals surface area contributed by atoms with E-state index in [9.17, 15) is 19.8 Å². The van der Waals surface area contributed by atoms with Gasteiger partial charge in [0.15, 0.2) is 0 Å². The number of ether oxygens (including phenoxy) is 2. The lowest BCUT2D eigenvalue weighted by Gasteiger charge is -2.23. The zero-order chi connectivity index (χ0) is 25.7. The minimum absolute atomic E-state index is 0.0371. The van der Waals surface area contributed by atoms with Gasteiger partial charge in [-0.1, -0.05) is 24.3 Å². The van der Waals surface area contributed by atoms with Crippen LogP contribution in [0.1, 0.15) is 46.1 Å². The number of hydrogen-bond donors (Lipinski definition) is 2. The summed E-state index contributed by atoms with van der Waals surface area (Å²) in [5.41, 5.74) is 3.94. The molecule has 0 fully saturated rings. The second-order valence-corrected chi connectivity index (χ2v) is 9.10. The third-order valence-corrected chi connectivity index (χ3v) is 6.47. The summed E-state index contributed by atoms with van der Waals surface area (Å²) in [5, 5.41) is 27.2. The summed E-state index contributed by atoms with van der Waals surface area (Å²) in [7, 11) is 1.56. The van der Waals surface area contributed by atoms with Gasteiger partial charge in [-0.25, -0.2) is 4.79 Å². The van der Waals surface area contributed by atoms with Crippen LogP contribution in [0.2, 0.25) is 0 Å². The molecule has 0 aliphatic heterocycles. The van der Waals surface area contributed by atoms with Crippen molar-refractivity contribution in [2.45, 2.75) is 32.5 Å². The molecule has 2 N–H and O–H groups in total. The molecule has 0 aliphatic carbocycles. The minimum Gasteiger partial charge on any atom is -0.489 e. The van der Waals surface area contributed by atoms with Crippen molar-refractivity contribution in [1.82, 2.24) is 9.78 Å². The van der Waals surface area contributed by atoms with E-state index in [1.54, 1.807) is 36.6 Å². The van der Waals surface area contributed by atoms with Gasteiger partial charge in [-0.05, 0) is 65.1 Å². The van der Waals surface area contributed by atoms with E-state index in [2.05, 4.69) is 5.10 Å². The van der Waals surface area contributed by atoms with Gasteiger partial charge in [0.25, 0.3) is 0 Å². The van der Waals surface area contributed by atoms with Crippen LogP contribution in [0.4, 0.5) is 0 Å². The summed E-state index contributed by atoms with van der Waals surface area (Å²) < 4.78 is 13.7. The topological polar surface area (TPSA) is 111 Å². The number of thiophene rings is 1. The maximum atomic E-state index is 11.6. The Balaban J connectivity index is 1.73. The second-order valence-electron chi connectivity index (χ2n) is 8.32. The Kier molecular flexibility index (Phi) is 7.70. The molecular formula is C27H26N2O6S. The number of benzene rings is 2. The fourth-order valence-electron chi connectivity index (χ4n) is 3.88. The minimum atomic E-state index is -1.09. The number of nitrogens with zero attached hydrogens (tertiary/aromatic N) is 2. The molecular weight excluding hydrogens is 480 g/mol. The molecule has 8 nitrogen and oxygen atoms in total. The average Bonchev–Trinajstić information content (AvgIpc) is 3.50.